The number of carboxylic acid groups (broad SMARTS) is 1. The van der Waals surface area contributed by atoms with Gasteiger partial charge in [0.25, 0.3) is 0 Å². The van der Waals surface area contributed by atoms with Gasteiger partial charge in [-0.15, -0.1) is 0 Å². The maximum absolute atomic E-state index is 12.1. The molecule has 21 heavy (non-hydrogen) atoms. The van der Waals surface area contributed by atoms with Gasteiger partial charge in [0.2, 0.25) is 5.91 Å². The van der Waals surface area contributed by atoms with Crippen LogP contribution >= 0.6 is 23.4 Å². The highest BCUT2D eigenvalue weighted by Crippen LogP contribution is 2.26. The van der Waals surface area contributed by atoms with Crippen molar-refractivity contribution in [3.8, 4) is 0 Å². The van der Waals surface area contributed by atoms with Gasteiger partial charge in [0.1, 0.15) is 0 Å². The Kier molecular flexibility index (Phi) is 5.94. The summed E-state index contributed by atoms with van der Waals surface area (Å²) in [7, 11) is 0. The van der Waals surface area contributed by atoms with Crippen LogP contribution in [-0.4, -0.2) is 28.5 Å². The predicted molar refractivity (Wildman–Crippen MR) is 84.6 cm³/mol. The van der Waals surface area contributed by atoms with Crippen LogP contribution < -0.4 is 5.32 Å². The SMILES string of the molecule is O=C(CC1CCSCC1)N[C@@H](C(=O)O)c1ccccc1Cl. The highest BCUT2D eigenvalue weighted by Gasteiger charge is 2.25. The fourth-order valence-corrected chi connectivity index (χ4v) is 3.86. The van der Waals surface area contributed by atoms with Gasteiger partial charge in [0.05, 0.1) is 0 Å². The smallest absolute Gasteiger partial charge is 0.330 e. The summed E-state index contributed by atoms with van der Waals surface area (Å²) < 4.78 is 0. The molecule has 0 radical (unpaired) electrons. The van der Waals surface area contributed by atoms with Gasteiger partial charge in [-0.1, -0.05) is 29.8 Å². The zero-order valence-corrected chi connectivity index (χ0v) is 13.1. The predicted octanol–water partition coefficient (Wildman–Crippen LogP) is 3.12. The molecule has 1 fully saturated rings. The Balaban J connectivity index is 2.01. The minimum absolute atomic E-state index is 0.223. The molecule has 1 heterocycles. The topological polar surface area (TPSA) is 66.4 Å². The van der Waals surface area contributed by atoms with Gasteiger partial charge in [0, 0.05) is 17.0 Å². The van der Waals surface area contributed by atoms with Crippen LogP contribution in [0.4, 0.5) is 0 Å². The summed E-state index contributed by atoms with van der Waals surface area (Å²) in [4.78, 5) is 23.5. The van der Waals surface area contributed by atoms with Crippen LogP contribution in [0.3, 0.4) is 0 Å². The summed E-state index contributed by atoms with van der Waals surface area (Å²) in [6.45, 7) is 0. The molecule has 0 spiro atoms. The summed E-state index contributed by atoms with van der Waals surface area (Å²) in [5, 5.41) is 12.3. The van der Waals surface area contributed by atoms with Gasteiger partial charge in [-0.3, -0.25) is 4.79 Å². The van der Waals surface area contributed by atoms with Crippen molar-refractivity contribution in [1.82, 2.24) is 5.32 Å². The number of carbonyl (C=O) groups excluding carboxylic acids is 1. The Morgan fingerprint density at radius 2 is 2.00 bits per heavy atom. The van der Waals surface area contributed by atoms with Gasteiger partial charge in [-0.25, -0.2) is 4.79 Å². The number of thioether (sulfide) groups is 1. The first-order valence-corrected chi connectivity index (χ1v) is 8.45. The molecule has 0 saturated carbocycles. The average Bonchev–Trinajstić information content (AvgIpc) is 2.46. The molecule has 0 bridgehead atoms. The summed E-state index contributed by atoms with van der Waals surface area (Å²) >= 11 is 7.92. The standard InChI is InChI=1S/C15H18ClNO3S/c16-12-4-2-1-3-11(12)14(15(19)20)17-13(18)9-10-5-7-21-8-6-10/h1-4,10,14H,5-9H2,(H,17,18)(H,19,20)/t14-/m1/s1. The van der Waals surface area contributed by atoms with Crippen LogP contribution in [-0.2, 0) is 9.59 Å². The van der Waals surface area contributed by atoms with Gasteiger partial charge < -0.3 is 10.4 Å². The fraction of sp³-hybridized carbons (Fsp3) is 0.467. The molecular formula is C15H18ClNO3S. The molecule has 2 rings (SSSR count). The van der Waals surface area contributed by atoms with E-state index in [1.54, 1.807) is 24.3 Å². The van der Waals surface area contributed by atoms with E-state index in [0.717, 1.165) is 24.3 Å². The van der Waals surface area contributed by atoms with E-state index in [9.17, 15) is 14.7 Å². The third-order valence-corrected chi connectivity index (χ3v) is 4.98. The van der Waals surface area contributed by atoms with E-state index in [4.69, 9.17) is 11.6 Å². The van der Waals surface area contributed by atoms with Crippen molar-refractivity contribution in [1.29, 1.82) is 0 Å². The number of carboxylic acids is 1. The van der Waals surface area contributed by atoms with Crippen molar-refractivity contribution in [3.63, 3.8) is 0 Å². The van der Waals surface area contributed by atoms with E-state index in [0.29, 0.717) is 22.9 Å². The molecular weight excluding hydrogens is 310 g/mol. The summed E-state index contributed by atoms with van der Waals surface area (Å²) in [6.07, 6.45) is 2.42. The van der Waals surface area contributed by atoms with Crippen LogP contribution in [0.25, 0.3) is 0 Å². The van der Waals surface area contributed by atoms with E-state index in [1.165, 1.54) is 0 Å². The summed E-state index contributed by atoms with van der Waals surface area (Å²) in [6, 6.07) is 5.59. The van der Waals surface area contributed by atoms with Crippen molar-refractivity contribution < 1.29 is 14.7 Å². The molecule has 4 nitrogen and oxygen atoms in total. The molecule has 1 aliphatic heterocycles. The molecule has 0 aromatic heterocycles. The van der Waals surface area contributed by atoms with Gasteiger partial charge in [-0.05, 0) is 36.3 Å². The normalized spacial score (nSPS) is 17.2. The number of benzene rings is 1. The Morgan fingerprint density at radius 1 is 1.33 bits per heavy atom. The molecule has 2 N–H and O–H groups in total. The van der Waals surface area contributed by atoms with Crippen molar-refractivity contribution in [2.75, 3.05) is 11.5 Å². The Hall–Kier alpha value is -1.20. The third-order valence-electron chi connectivity index (χ3n) is 3.58. The Morgan fingerprint density at radius 3 is 2.62 bits per heavy atom. The van der Waals surface area contributed by atoms with Gasteiger partial charge in [0.15, 0.2) is 6.04 Å². The number of carbonyl (C=O) groups is 2. The van der Waals surface area contributed by atoms with Crippen molar-refractivity contribution >= 4 is 35.2 Å². The molecule has 1 aliphatic rings. The van der Waals surface area contributed by atoms with E-state index in [2.05, 4.69) is 5.32 Å². The second-order valence-corrected chi connectivity index (χ2v) is 6.75. The number of nitrogens with one attached hydrogen (secondary N) is 1. The molecule has 1 saturated heterocycles. The van der Waals surface area contributed by atoms with Crippen LogP contribution in [0, 0.1) is 5.92 Å². The van der Waals surface area contributed by atoms with Crippen LogP contribution in [0.5, 0.6) is 0 Å². The molecule has 1 aromatic carbocycles. The minimum atomic E-state index is -1.10. The third kappa shape index (κ3) is 4.64. The van der Waals surface area contributed by atoms with Gasteiger partial charge >= 0.3 is 5.97 Å². The maximum atomic E-state index is 12.1. The molecule has 0 unspecified atom stereocenters. The first kappa shape index (κ1) is 16.2. The molecule has 1 aromatic rings. The van der Waals surface area contributed by atoms with Crippen LogP contribution in [0.2, 0.25) is 5.02 Å². The minimum Gasteiger partial charge on any atom is -0.479 e. The summed E-state index contributed by atoms with van der Waals surface area (Å²) in [5.41, 5.74) is 0.416. The molecule has 114 valence electrons. The van der Waals surface area contributed by atoms with E-state index < -0.39 is 12.0 Å². The van der Waals surface area contributed by atoms with Crippen molar-refractivity contribution in [2.45, 2.75) is 25.3 Å². The highest BCUT2D eigenvalue weighted by atomic mass is 35.5. The average molecular weight is 328 g/mol. The first-order chi connectivity index (χ1) is 10.1. The number of hydrogen-bond donors (Lipinski definition) is 2. The van der Waals surface area contributed by atoms with Crippen molar-refractivity contribution in [3.05, 3.63) is 34.9 Å². The fourth-order valence-electron chi connectivity index (χ4n) is 2.41. The maximum Gasteiger partial charge on any atom is 0.330 e. The second kappa shape index (κ2) is 7.71. The van der Waals surface area contributed by atoms with E-state index in [-0.39, 0.29) is 5.91 Å². The van der Waals surface area contributed by atoms with Crippen LogP contribution in [0.15, 0.2) is 24.3 Å². The molecule has 1 amide bonds. The van der Waals surface area contributed by atoms with Gasteiger partial charge in [-0.2, -0.15) is 11.8 Å². The lowest BCUT2D eigenvalue weighted by molar-refractivity contribution is -0.142. The monoisotopic (exact) mass is 327 g/mol. The Labute approximate surface area is 133 Å². The molecule has 1 atom stereocenters. The molecule has 6 heteroatoms. The number of rotatable bonds is 5. The quantitative estimate of drug-likeness (QED) is 0.872. The first-order valence-electron chi connectivity index (χ1n) is 6.92. The lowest BCUT2D eigenvalue weighted by Crippen LogP contribution is -2.35. The zero-order valence-electron chi connectivity index (χ0n) is 11.5. The lowest BCUT2D eigenvalue weighted by atomic mass is 9.98. The van der Waals surface area contributed by atoms with E-state index in [1.807, 2.05) is 11.8 Å². The Bertz CT molecular complexity index is 517. The lowest BCUT2D eigenvalue weighted by Gasteiger charge is -2.22. The zero-order chi connectivity index (χ0) is 15.2. The van der Waals surface area contributed by atoms with Crippen LogP contribution in [0.1, 0.15) is 30.9 Å². The second-order valence-electron chi connectivity index (χ2n) is 5.12. The number of halogens is 1. The molecule has 0 aliphatic carbocycles. The summed E-state index contributed by atoms with van der Waals surface area (Å²) in [5.74, 6) is 1.18. The number of aliphatic carboxylic acids is 1. The number of amides is 1. The number of hydrogen-bond acceptors (Lipinski definition) is 3. The highest BCUT2D eigenvalue weighted by molar-refractivity contribution is 7.99. The van der Waals surface area contributed by atoms with E-state index >= 15 is 0 Å². The largest absolute Gasteiger partial charge is 0.479 e. The van der Waals surface area contributed by atoms with Crippen molar-refractivity contribution in [2.24, 2.45) is 5.92 Å².